The predicted molar refractivity (Wildman–Crippen MR) is 199 cm³/mol. The molecule has 1 heteroatoms. The van der Waals surface area contributed by atoms with Crippen LogP contribution in [0.15, 0.2) is 158 Å². The first-order chi connectivity index (χ1) is 27.1. The molecule has 1 aliphatic heterocycles. The van der Waals surface area contributed by atoms with Gasteiger partial charge in [-0.15, -0.1) is 0 Å². The Morgan fingerprint density at radius 3 is 1.79 bits per heavy atom. The third-order valence-corrected chi connectivity index (χ3v) is 9.68. The van der Waals surface area contributed by atoms with Crippen molar-refractivity contribution in [3.05, 3.63) is 158 Å². The first-order valence-electron chi connectivity index (χ1n) is 20.0. The number of ether oxygens (including phenoxy) is 1. The van der Waals surface area contributed by atoms with E-state index in [1.54, 1.807) is 0 Å². The molecule has 0 radical (unpaired) electrons. The molecule has 216 valence electrons. The Balaban J connectivity index is 1.21. The van der Waals surface area contributed by atoms with E-state index in [2.05, 4.69) is 48.5 Å². The number of hydrogen-bond acceptors (Lipinski definition) is 1. The molecule has 0 fully saturated rings. The lowest BCUT2D eigenvalue weighted by Crippen LogP contribution is -1.99. The molecule has 0 saturated carbocycles. The Kier molecular flexibility index (Phi) is 3.54. The van der Waals surface area contributed by atoms with Crippen LogP contribution in [0.25, 0.3) is 98.0 Å². The molecule has 0 atom stereocenters. The summed E-state index contributed by atoms with van der Waals surface area (Å²) in [6.07, 6.45) is 0. The van der Waals surface area contributed by atoms with Crippen molar-refractivity contribution in [3.63, 3.8) is 0 Å². The molecule has 11 rings (SSSR count). The van der Waals surface area contributed by atoms with Gasteiger partial charge in [-0.3, -0.25) is 0 Å². The van der Waals surface area contributed by atoms with Gasteiger partial charge in [0.15, 0.2) is 0 Å². The monoisotopic (exact) mass is 603 g/mol. The quantitative estimate of drug-likeness (QED) is 0.179. The Bertz CT molecular complexity index is 3420. The summed E-state index contributed by atoms with van der Waals surface area (Å²) in [5.74, 6) is 1.60. The van der Waals surface area contributed by atoms with Crippen LogP contribution in [0, 0.1) is 0 Å². The molecule has 10 aromatic rings. The van der Waals surface area contributed by atoms with Gasteiger partial charge >= 0.3 is 0 Å². The fraction of sp³-hybridized carbons (Fsp3) is 0. The fourth-order valence-corrected chi connectivity index (χ4v) is 7.62. The maximum absolute atomic E-state index is 9.40. The molecule has 1 aliphatic rings. The molecule has 0 aromatic heterocycles. The van der Waals surface area contributed by atoms with Crippen LogP contribution in [0.2, 0.25) is 0 Å². The molecule has 47 heavy (non-hydrogen) atoms. The van der Waals surface area contributed by atoms with Gasteiger partial charge in [0, 0.05) is 16.3 Å². The molecule has 0 unspecified atom stereocenters. The van der Waals surface area contributed by atoms with E-state index in [9.17, 15) is 4.11 Å². The topological polar surface area (TPSA) is 9.23 Å². The lowest BCUT2D eigenvalue weighted by atomic mass is 9.86. The lowest BCUT2D eigenvalue weighted by Gasteiger charge is -2.24. The summed E-state index contributed by atoms with van der Waals surface area (Å²) >= 11 is 0. The maximum atomic E-state index is 9.40. The molecule has 0 N–H and O–H groups in total. The van der Waals surface area contributed by atoms with E-state index >= 15 is 0 Å². The summed E-state index contributed by atoms with van der Waals surface area (Å²) in [5.41, 5.74) is 4.77. The van der Waals surface area contributed by atoms with Crippen LogP contribution < -0.4 is 4.74 Å². The minimum atomic E-state index is -0.492. The highest BCUT2D eigenvalue weighted by Gasteiger charge is 2.24. The van der Waals surface area contributed by atoms with Gasteiger partial charge in [0.2, 0.25) is 0 Å². The summed E-state index contributed by atoms with van der Waals surface area (Å²) in [7, 11) is 0. The van der Waals surface area contributed by atoms with Gasteiger partial charge in [0.1, 0.15) is 11.5 Å². The van der Waals surface area contributed by atoms with Crippen molar-refractivity contribution >= 4 is 64.6 Å². The fourth-order valence-electron chi connectivity index (χ4n) is 7.62. The van der Waals surface area contributed by atoms with Crippen LogP contribution in [-0.4, -0.2) is 0 Å². The zero-order valence-corrected chi connectivity index (χ0v) is 24.7. The highest BCUT2D eigenvalue weighted by atomic mass is 16.5. The highest BCUT2D eigenvalue weighted by molar-refractivity contribution is 6.26. The zero-order chi connectivity index (χ0) is 38.5. The van der Waals surface area contributed by atoms with E-state index in [1.165, 1.54) is 0 Å². The second kappa shape index (κ2) is 9.19. The van der Waals surface area contributed by atoms with Crippen LogP contribution in [0.5, 0.6) is 11.5 Å². The zero-order valence-electron chi connectivity index (χ0n) is 33.7. The molecule has 0 aliphatic carbocycles. The predicted octanol–water partition coefficient (Wildman–Crippen LogP) is 13.2. The smallest absolute Gasteiger partial charge is 0.143 e. The van der Waals surface area contributed by atoms with Crippen LogP contribution in [0.4, 0.5) is 0 Å². The van der Waals surface area contributed by atoms with Gasteiger partial charge in [-0.05, 0) is 93.8 Å². The summed E-state index contributed by atoms with van der Waals surface area (Å²) in [6, 6.07) is 31.0. The molecular weight excluding hydrogens is 569 g/mol. The van der Waals surface area contributed by atoms with Crippen molar-refractivity contribution in [2.45, 2.75) is 0 Å². The second-order valence-corrected chi connectivity index (χ2v) is 12.1. The summed E-state index contributed by atoms with van der Waals surface area (Å²) < 4.78 is 87.4. The number of benzene rings is 10. The van der Waals surface area contributed by atoms with Crippen LogP contribution in [-0.2, 0) is 0 Å². The molecule has 1 heterocycles. The summed E-state index contributed by atoms with van der Waals surface area (Å²) in [6.45, 7) is 0. The summed E-state index contributed by atoms with van der Waals surface area (Å²) in [4.78, 5) is 0. The Morgan fingerprint density at radius 2 is 0.957 bits per heavy atom. The molecule has 0 amide bonds. The van der Waals surface area contributed by atoms with Crippen molar-refractivity contribution in [2.24, 2.45) is 0 Å². The van der Waals surface area contributed by atoms with Crippen LogP contribution >= 0.6 is 0 Å². The average Bonchev–Trinajstić information content (AvgIpc) is 3.21. The van der Waals surface area contributed by atoms with E-state index < -0.39 is 24.2 Å². The lowest BCUT2D eigenvalue weighted by molar-refractivity contribution is 0.493. The third-order valence-electron chi connectivity index (χ3n) is 9.68. The minimum Gasteiger partial charge on any atom is -0.455 e. The van der Waals surface area contributed by atoms with Gasteiger partial charge in [-0.1, -0.05) is 145 Å². The van der Waals surface area contributed by atoms with Crippen LogP contribution in [0.1, 0.15) is 12.3 Å². The maximum Gasteiger partial charge on any atom is 0.143 e. The van der Waals surface area contributed by atoms with Gasteiger partial charge in [0.05, 0.1) is 12.3 Å². The molecule has 0 saturated heterocycles. The van der Waals surface area contributed by atoms with Gasteiger partial charge in [0.25, 0.3) is 0 Å². The standard InChI is InChI=1S/C46H26O/c1-2-10-31-27(7-1)19-24-41-39-16-6-15-38-37(25-26-42(45(38)39)47-46(31)41)35-14-5-11-32-33(35)12-4-13-34(32)36-22-20-30-18-17-28-8-3-9-29-21-23-40(36)44(30)43(28)29/h1-26H/i3D,8D,9D,17D,18D,20D,21D,22D,23D. The van der Waals surface area contributed by atoms with E-state index in [-0.39, 0.29) is 68.1 Å². The van der Waals surface area contributed by atoms with Crippen molar-refractivity contribution < 1.29 is 17.1 Å². The van der Waals surface area contributed by atoms with Crippen molar-refractivity contribution in [1.29, 1.82) is 0 Å². The number of fused-ring (bicyclic) bond motifs is 5. The minimum absolute atomic E-state index is 0.0391. The molecular formula is C46H26O. The molecule has 0 bridgehead atoms. The number of hydrogen-bond donors (Lipinski definition) is 0. The summed E-state index contributed by atoms with van der Waals surface area (Å²) in [5, 5.41) is 6.06. The number of rotatable bonds is 2. The average molecular weight is 604 g/mol. The van der Waals surface area contributed by atoms with Crippen molar-refractivity contribution in [3.8, 4) is 44.9 Å². The van der Waals surface area contributed by atoms with Gasteiger partial charge in [-0.25, -0.2) is 0 Å². The van der Waals surface area contributed by atoms with E-state index in [1.807, 2.05) is 54.6 Å². The molecule has 0 spiro atoms. The molecule has 10 aromatic carbocycles. The second-order valence-electron chi connectivity index (χ2n) is 12.1. The van der Waals surface area contributed by atoms with Crippen molar-refractivity contribution in [2.75, 3.05) is 0 Å². The first-order valence-corrected chi connectivity index (χ1v) is 15.5. The van der Waals surface area contributed by atoms with Gasteiger partial charge < -0.3 is 4.74 Å². The van der Waals surface area contributed by atoms with E-state index in [0.29, 0.717) is 5.56 Å². The van der Waals surface area contributed by atoms with Crippen LogP contribution in [0.3, 0.4) is 0 Å². The van der Waals surface area contributed by atoms with E-state index in [4.69, 9.17) is 13.0 Å². The van der Waals surface area contributed by atoms with E-state index in [0.717, 1.165) is 66.1 Å². The highest BCUT2D eigenvalue weighted by Crippen LogP contribution is 2.51. The normalized spacial score (nSPS) is 15.1. The Morgan fingerprint density at radius 1 is 0.340 bits per heavy atom. The van der Waals surface area contributed by atoms with Crippen molar-refractivity contribution in [1.82, 2.24) is 0 Å². The first kappa shape index (κ1) is 18.1. The third kappa shape index (κ3) is 3.38. The largest absolute Gasteiger partial charge is 0.455 e. The SMILES string of the molecule is [2H]c1c([2H])c2c([2H])c([2H])c3c([2H])c([2H])c(-c4cccc5c(-c6ccc7c8c(cccc68)-c6ccc8ccccc8c6O7)cccc45)c4c([2H])c([2H])c(c1[2H])c2c34. The Hall–Kier alpha value is -6.18. The molecule has 1 nitrogen and oxygen atoms in total. The Labute approximate surface area is 283 Å². The van der Waals surface area contributed by atoms with Gasteiger partial charge in [-0.2, -0.15) is 0 Å².